The van der Waals surface area contributed by atoms with Crippen molar-refractivity contribution in [1.82, 2.24) is 9.55 Å². The number of hydrogen-bond donors (Lipinski definition) is 0. The number of para-hydroxylation sites is 2. The van der Waals surface area contributed by atoms with E-state index >= 15 is 0 Å². The van der Waals surface area contributed by atoms with E-state index in [0.29, 0.717) is 11.6 Å². The quantitative estimate of drug-likeness (QED) is 0.293. The van der Waals surface area contributed by atoms with E-state index in [0.717, 1.165) is 58.1 Å². The van der Waals surface area contributed by atoms with Crippen molar-refractivity contribution in [2.45, 2.75) is 26.3 Å². The third-order valence-corrected chi connectivity index (χ3v) is 5.70. The number of halogens is 2. The van der Waals surface area contributed by atoms with Gasteiger partial charge in [-0.3, -0.25) is 0 Å². The monoisotopic (exact) mass is 424 g/mol. The lowest BCUT2D eigenvalue weighted by Gasteiger charge is -2.11. The summed E-state index contributed by atoms with van der Waals surface area (Å²) in [6, 6.07) is 21.8. The molecule has 0 saturated heterocycles. The van der Waals surface area contributed by atoms with E-state index in [1.54, 1.807) is 0 Å². The predicted molar refractivity (Wildman–Crippen MR) is 121 cm³/mol. The van der Waals surface area contributed by atoms with Gasteiger partial charge in [0.05, 0.1) is 22.7 Å². The number of aromatic nitrogens is 2. The highest BCUT2D eigenvalue weighted by Crippen LogP contribution is 2.30. The summed E-state index contributed by atoms with van der Waals surface area (Å²) in [5.41, 5.74) is 4.09. The average Bonchev–Trinajstić information content (AvgIpc) is 3.09. The van der Waals surface area contributed by atoms with Crippen LogP contribution in [0.5, 0.6) is 5.75 Å². The van der Waals surface area contributed by atoms with Crippen molar-refractivity contribution in [1.29, 1.82) is 0 Å². The zero-order valence-corrected chi connectivity index (χ0v) is 17.7. The first kappa shape index (κ1) is 19.8. The molecule has 29 heavy (non-hydrogen) atoms. The Kier molecular flexibility index (Phi) is 6.08. The van der Waals surface area contributed by atoms with Crippen LogP contribution in [0.4, 0.5) is 0 Å². The molecule has 4 rings (SSSR count). The molecule has 3 aromatic carbocycles. The molecule has 148 valence electrons. The minimum Gasteiger partial charge on any atom is -0.494 e. The lowest BCUT2D eigenvalue weighted by molar-refractivity contribution is 0.303. The number of fused-ring (bicyclic) bond motifs is 1. The molecular weight excluding hydrogens is 403 g/mol. The van der Waals surface area contributed by atoms with Gasteiger partial charge in [-0.2, -0.15) is 0 Å². The van der Waals surface area contributed by atoms with Crippen LogP contribution in [0, 0.1) is 6.92 Å². The minimum absolute atomic E-state index is 0.662. The molecule has 0 aliphatic carbocycles. The van der Waals surface area contributed by atoms with E-state index in [-0.39, 0.29) is 0 Å². The molecule has 0 amide bonds. The topological polar surface area (TPSA) is 27.1 Å². The molecule has 3 nitrogen and oxygen atoms in total. The molecule has 5 heteroatoms. The Bertz CT molecular complexity index is 1140. The Labute approximate surface area is 180 Å². The number of hydrogen-bond acceptors (Lipinski definition) is 2. The van der Waals surface area contributed by atoms with Gasteiger partial charge in [-0.05, 0) is 67.8 Å². The van der Waals surface area contributed by atoms with Crippen LogP contribution < -0.4 is 4.74 Å². The lowest BCUT2D eigenvalue weighted by atomic mass is 10.2. The zero-order valence-electron chi connectivity index (χ0n) is 16.2. The summed E-state index contributed by atoms with van der Waals surface area (Å²) >= 11 is 12.5. The van der Waals surface area contributed by atoms with Crippen LogP contribution in [0.2, 0.25) is 10.0 Å². The van der Waals surface area contributed by atoms with Crippen LogP contribution in [0.3, 0.4) is 0 Å². The summed E-state index contributed by atoms with van der Waals surface area (Å²) in [4.78, 5) is 4.84. The third-order valence-electron chi connectivity index (χ3n) is 4.94. The molecule has 0 N–H and O–H groups in total. The molecule has 0 bridgehead atoms. The van der Waals surface area contributed by atoms with Crippen molar-refractivity contribution < 1.29 is 4.74 Å². The second-order valence-electron chi connectivity index (χ2n) is 7.02. The maximum atomic E-state index is 6.45. The SMILES string of the molecule is Cc1cc(OCCCCn2c(-c3ccccc3Cl)nc3ccccc32)ccc1Cl. The molecule has 0 aliphatic rings. The van der Waals surface area contributed by atoms with Gasteiger partial charge in [0.2, 0.25) is 0 Å². The summed E-state index contributed by atoms with van der Waals surface area (Å²) in [6.45, 7) is 3.49. The van der Waals surface area contributed by atoms with Crippen molar-refractivity contribution in [3.63, 3.8) is 0 Å². The van der Waals surface area contributed by atoms with Gasteiger partial charge in [0.1, 0.15) is 11.6 Å². The normalized spacial score (nSPS) is 11.1. The van der Waals surface area contributed by atoms with Crippen molar-refractivity contribution in [2.24, 2.45) is 0 Å². The van der Waals surface area contributed by atoms with Crippen LogP contribution in [-0.2, 0) is 6.54 Å². The number of nitrogens with zero attached hydrogens (tertiary/aromatic N) is 2. The van der Waals surface area contributed by atoms with Crippen LogP contribution in [0.25, 0.3) is 22.4 Å². The maximum Gasteiger partial charge on any atom is 0.142 e. The summed E-state index contributed by atoms with van der Waals surface area (Å²) in [5, 5.41) is 1.47. The van der Waals surface area contributed by atoms with E-state index in [1.165, 1.54) is 0 Å². The van der Waals surface area contributed by atoms with Crippen LogP contribution in [0.1, 0.15) is 18.4 Å². The number of ether oxygens (including phenoxy) is 1. The largest absolute Gasteiger partial charge is 0.494 e. The smallest absolute Gasteiger partial charge is 0.142 e. The van der Waals surface area contributed by atoms with Gasteiger partial charge in [0.15, 0.2) is 0 Å². The average molecular weight is 425 g/mol. The van der Waals surface area contributed by atoms with Crippen LogP contribution in [-0.4, -0.2) is 16.2 Å². The summed E-state index contributed by atoms with van der Waals surface area (Å²) in [7, 11) is 0. The first-order chi connectivity index (χ1) is 14.1. The zero-order chi connectivity index (χ0) is 20.2. The van der Waals surface area contributed by atoms with Crippen LogP contribution in [0.15, 0.2) is 66.7 Å². The maximum absolute atomic E-state index is 6.45. The summed E-state index contributed by atoms with van der Waals surface area (Å²) < 4.78 is 8.13. The molecule has 0 unspecified atom stereocenters. The van der Waals surface area contributed by atoms with Gasteiger partial charge in [-0.25, -0.2) is 4.98 Å². The van der Waals surface area contributed by atoms with Gasteiger partial charge >= 0.3 is 0 Å². The Morgan fingerprint density at radius 2 is 1.69 bits per heavy atom. The van der Waals surface area contributed by atoms with Crippen molar-refractivity contribution in [2.75, 3.05) is 6.61 Å². The molecular formula is C24H22Cl2N2O. The predicted octanol–water partition coefficient (Wildman–Crippen LogP) is 7.18. The molecule has 0 radical (unpaired) electrons. The first-order valence-electron chi connectivity index (χ1n) is 9.72. The summed E-state index contributed by atoms with van der Waals surface area (Å²) in [6.07, 6.45) is 1.92. The number of benzene rings is 3. The van der Waals surface area contributed by atoms with E-state index in [2.05, 4.69) is 10.6 Å². The van der Waals surface area contributed by atoms with E-state index in [4.69, 9.17) is 32.9 Å². The second-order valence-corrected chi connectivity index (χ2v) is 7.84. The van der Waals surface area contributed by atoms with Gasteiger partial charge in [0.25, 0.3) is 0 Å². The molecule has 0 aliphatic heterocycles. The molecule has 0 fully saturated rings. The number of rotatable bonds is 7. The Morgan fingerprint density at radius 1 is 0.897 bits per heavy atom. The highest BCUT2D eigenvalue weighted by Gasteiger charge is 2.14. The minimum atomic E-state index is 0.662. The Morgan fingerprint density at radius 3 is 2.52 bits per heavy atom. The van der Waals surface area contributed by atoms with Gasteiger partial charge in [-0.15, -0.1) is 0 Å². The standard InChI is InChI=1S/C24H22Cl2N2O/c1-17-16-18(12-13-20(17)25)29-15-7-6-14-28-23-11-5-4-10-22(23)27-24(28)19-8-2-3-9-21(19)26/h2-5,8-13,16H,6-7,14-15H2,1H3. The van der Waals surface area contributed by atoms with Crippen molar-refractivity contribution >= 4 is 34.2 Å². The summed E-state index contributed by atoms with van der Waals surface area (Å²) in [5.74, 6) is 1.77. The number of unbranched alkanes of at least 4 members (excludes halogenated alkanes) is 1. The second kappa shape index (κ2) is 8.89. The molecule has 0 atom stereocenters. The molecule has 1 aromatic heterocycles. The van der Waals surface area contributed by atoms with E-state index in [9.17, 15) is 0 Å². The number of aryl methyl sites for hydroxylation is 2. The van der Waals surface area contributed by atoms with Crippen LogP contribution >= 0.6 is 23.2 Å². The third kappa shape index (κ3) is 4.42. The van der Waals surface area contributed by atoms with Crippen molar-refractivity contribution in [3.05, 3.63) is 82.3 Å². The number of imidazole rings is 1. The Balaban J connectivity index is 1.47. The van der Waals surface area contributed by atoms with E-state index in [1.807, 2.05) is 67.6 Å². The highest BCUT2D eigenvalue weighted by molar-refractivity contribution is 6.33. The Hall–Kier alpha value is -2.49. The van der Waals surface area contributed by atoms with Gasteiger partial charge in [-0.1, -0.05) is 47.5 Å². The van der Waals surface area contributed by atoms with Gasteiger partial charge < -0.3 is 9.30 Å². The first-order valence-corrected chi connectivity index (χ1v) is 10.5. The molecule has 4 aromatic rings. The fraction of sp³-hybridized carbons (Fsp3) is 0.208. The molecule has 0 spiro atoms. The van der Waals surface area contributed by atoms with E-state index < -0.39 is 0 Å². The highest BCUT2D eigenvalue weighted by atomic mass is 35.5. The lowest BCUT2D eigenvalue weighted by Crippen LogP contribution is -2.04. The fourth-order valence-electron chi connectivity index (χ4n) is 3.42. The van der Waals surface area contributed by atoms with Crippen molar-refractivity contribution in [3.8, 4) is 17.1 Å². The fourth-order valence-corrected chi connectivity index (χ4v) is 3.76. The molecule has 0 saturated carbocycles. The van der Waals surface area contributed by atoms with Gasteiger partial charge in [0, 0.05) is 17.1 Å². The molecule has 1 heterocycles.